The second-order valence-electron chi connectivity index (χ2n) is 7.13. The maximum atomic E-state index is 12.3. The summed E-state index contributed by atoms with van der Waals surface area (Å²) < 4.78 is 0. The smallest absolute Gasteiger partial charge is 0.275 e. The van der Waals surface area contributed by atoms with Gasteiger partial charge in [-0.15, -0.1) is 0 Å². The normalized spacial score (nSPS) is 15.1. The van der Waals surface area contributed by atoms with Crippen LogP contribution in [0.1, 0.15) is 35.3 Å². The van der Waals surface area contributed by atoms with Crippen LogP contribution in [0.4, 0.5) is 0 Å². The summed E-state index contributed by atoms with van der Waals surface area (Å²) in [5, 5.41) is 2.45. The van der Waals surface area contributed by atoms with Gasteiger partial charge < -0.3 is 0 Å². The SMILES string of the molecule is CC1(C)Cc2c(ccc3ccccc23)C(NNC(=O)c2ccc[nH+]c2)=N1. The Morgan fingerprint density at radius 2 is 1.96 bits per heavy atom. The number of nitrogens with one attached hydrogen (secondary N) is 3. The molecule has 1 aliphatic rings. The summed E-state index contributed by atoms with van der Waals surface area (Å²) in [6.45, 7) is 4.21. The second-order valence-corrected chi connectivity index (χ2v) is 7.13. The molecule has 0 bridgehead atoms. The molecule has 4 rings (SSSR count). The van der Waals surface area contributed by atoms with Gasteiger partial charge in [-0.25, -0.2) is 4.98 Å². The number of pyridine rings is 1. The van der Waals surface area contributed by atoms with Crippen LogP contribution in [0.25, 0.3) is 10.8 Å². The topological polar surface area (TPSA) is 67.6 Å². The highest BCUT2D eigenvalue weighted by molar-refractivity contribution is 6.07. The Hall–Kier alpha value is -3.21. The van der Waals surface area contributed by atoms with Gasteiger partial charge in [0, 0.05) is 11.6 Å². The molecule has 1 aromatic heterocycles. The third kappa shape index (κ3) is 3.04. The average molecular weight is 345 g/mol. The van der Waals surface area contributed by atoms with E-state index < -0.39 is 0 Å². The van der Waals surface area contributed by atoms with Crippen LogP contribution in [0.5, 0.6) is 0 Å². The Morgan fingerprint density at radius 3 is 2.77 bits per heavy atom. The second kappa shape index (κ2) is 6.26. The number of aromatic amines is 1. The molecular formula is C21H21N4O+. The summed E-state index contributed by atoms with van der Waals surface area (Å²) in [7, 11) is 0. The van der Waals surface area contributed by atoms with E-state index in [0.29, 0.717) is 11.4 Å². The Balaban J connectivity index is 1.67. The van der Waals surface area contributed by atoms with Gasteiger partial charge in [-0.3, -0.25) is 20.6 Å². The molecule has 1 aliphatic heterocycles. The highest BCUT2D eigenvalue weighted by Crippen LogP contribution is 2.31. The van der Waals surface area contributed by atoms with Crippen LogP contribution in [0.3, 0.4) is 0 Å². The van der Waals surface area contributed by atoms with Crippen molar-refractivity contribution in [3.8, 4) is 0 Å². The molecule has 1 amide bonds. The van der Waals surface area contributed by atoms with Gasteiger partial charge in [-0.05, 0) is 42.7 Å². The molecular weight excluding hydrogens is 324 g/mol. The molecule has 0 aliphatic carbocycles. The molecule has 3 aromatic rings. The molecule has 3 N–H and O–H groups in total. The van der Waals surface area contributed by atoms with E-state index in [1.807, 2.05) is 6.07 Å². The molecule has 0 saturated heterocycles. The first-order chi connectivity index (χ1) is 12.5. The number of hydrogen-bond acceptors (Lipinski definition) is 3. The predicted molar refractivity (Wildman–Crippen MR) is 102 cm³/mol. The lowest BCUT2D eigenvalue weighted by molar-refractivity contribution is -0.378. The number of H-pyrrole nitrogens is 1. The molecule has 2 heterocycles. The lowest BCUT2D eigenvalue weighted by Crippen LogP contribution is -2.45. The Kier molecular flexibility index (Phi) is 3.92. The van der Waals surface area contributed by atoms with Gasteiger partial charge in [0.1, 0.15) is 11.4 Å². The molecule has 0 atom stereocenters. The van der Waals surface area contributed by atoms with E-state index in [4.69, 9.17) is 4.99 Å². The first-order valence-corrected chi connectivity index (χ1v) is 8.67. The van der Waals surface area contributed by atoms with E-state index in [-0.39, 0.29) is 11.4 Å². The quantitative estimate of drug-likeness (QED) is 0.666. The molecule has 130 valence electrons. The number of aromatic nitrogens is 1. The van der Waals surface area contributed by atoms with Gasteiger partial charge in [0.05, 0.1) is 5.54 Å². The third-order valence-corrected chi connectivity index (χ3v) is 4.58. The fraction of sp³-hybridized carbons (Fsp3) is 0.190. The summed E-state index contributed by atoms with van der Waals surface area (Å²) in [6.07, 6.45) is 4.28. The van der Waals surface area contributed by atoms with Gasteiger partial charge in [0.2, 0.25) is 0 Å². The van der Waals surface area contributed by atoms with Crippen molar-refractivity contribution >= 4 is 22.5 Å². The number of hydrogen-bond donors (Lipinski definition) is 2. The highest BCUT2D eigenvalue weighted by atomic mass is 16.2. The van der Waals surface area contributed by atoms with E-state index in [1.54, 1.807) is 24.5 Å². The van der Waals surface area contributed by atoms with E-state index in [9.17, 15) is 4.79 Å². The van der Waals surface area contributed by atoms with Crippen molar-refractivity contribution in [3.63, 3.8) is 0 Å². The van der Waals surface area contributed by atoms with Crippen molar-refractivity contribution in [3.05, 3.63) is 77.6 Å². The molecule has 0 saturated carbocycles. The van der Waals surface area contributed by atoms with Gasteiger partial charge in [-0.1, -0.05) is 36.4 Å². The number of amidine groups is 1. The minimum atomic E-state index is -0.245. The van der Waals surface area contributed by atoms with Crippen LogP contribution < -0.4 is 15.8 Å². The number of amides is 1. The van der Waals surface area contributed by atoms with Gasteiger partial charge in [0.15, 0.2) is 12.4 Å². The molecule has 0 spiro atoms. The standard InChI is InChI=1S/C21H20N4O/c1-21(2)12-18-16-8-4-3-6-14(16)9-10-17(18)19(23-21)24-25-20(26)15-7-5-11-22-13-15/h3-11,13H,12H2,1-2H3,(H,23,24)(H,25,26)/p+1. The minimum Gasteiger partial charge on any atom is -0.281 e. The maximum absolute atomic E-state index is 12.3. The van der Waals surface area contributed by atoms with Crippen molar-refractivity contribution in [2.75, 3.05) is 0 Å². The maximum Gasteiger partial charge on any atom is 0.275 e. The van der Waals surface area contributed by atoms with Crippen LogP contribution in [-0.4, -0.2) is 17.3 Å². The first kappa shape index (κ1) is 16.3. The van der Waals surface area contributed by atoms with Crippen molar-refractivity contribution in [2.45, 2.75) is 25.8 Å². The monoisotopic (exact) mass is 345 g/mol. The number of nitrogens with zero attached hydrogens (tertiary/aromatic N) is 1. The summed E-state index contributed by atoms with van der Waals surface area (Å²) in [4.78, 5) is 20.0. The van der Waals surface area contributed by atoms with E-state index in [1.165, 1.54) is 16.3 Å². The molecule has 5 nitrogen and oxygen atoms in total. The number of aliphatic imine (C=N–C) groups is 1. The fourth-order valence-corrected chi connectivity index (χ4v) is 3.40. The molecule has 0 radical (unpaired) electrons. The zero-order chi connectivity index (χ0) is 18.1. The predicted octanol–water partition coefficient (Wildman–Crippen LogP) is 2.67. The lowest BCUT2D eigenvalue weighted by Gasteiger charge is -2.30. The van der Waals surface area contributed by atoms with Crippen molar-refractivity contribution in [2.24, 2.45) is 4.99 Å². The summed E-state index contributed by atoms with van der Waals surface area (Å²) in [5.41, 5.74) is 8.38. The molecule has 2 aromatic carbocycles. The molecule has 0 unspecified atom stereocenters. The Labute approximate surface area is 152 Å². The minimum absolute atomic E-state index is 0.213. The van der Waals surface area contributed by atoms with Crippen molar-refractivity contribution in [1.29, 1.82) is 0 Å². The van der Waals surface area contributed by atoms with Crippen LogP contribution >= 0.6 is 0 Å². The highest BCUT2D eigenvalue weighted by Gasteiger charge is 2.28. The van der Waals surface area contributed by atoms with E-state index in [2.05, 4.69) is 60.0 Å². The number of rotatable bonds is 1. The molecule has 5 heteroatoms. The summed E-state index contributed by atoms with van der Waals surface area (Å²) in [5.74, 6) is 0.477. The number of carbonyl (C=O) groups excluding carboxylic acids is 1. The zero-order valence-corrected chi connectivity index (χ0v) is 14.8. The van der Waals surface area contributed by atoms with E-state index in [0.717, 1.165) is 12.0 Å². The zero-order valence-electron chi connectivity index (χ0n) is 14.8. The van der Waals surface area contributed by atoms with E-state index >= 15 is 0 Å². The van der Waals surface area contributed by atoms with Crippen molar-refractivity contribution in [1.82, 2.24) is 10.9 Å². The van der Waals surface area contributed by atoms with Gasteiger partial charge in [-0.2, -0.15) is 0 Å². The van der Waals surface area contributed by atoms with Gasteiger partial charge in [0.25, 0.3) is 5.91 Å². The number of benzene rings is 2. The third-order valence-electron chi connectivity index (χ3n) is 4.58. The Bertz CT molecular complexity index is 1010. The fourth-order valence-electron chi connectivity index (χ4n) is 3.40. The summed E-state index contributed by atoms with van der Waals surface area (Å²) >= 11 is 0. The van der Waals surface area contributed by atoms with Crippen LogP contribution in [-0.2, 0) is 6.42 Å². The van der Waals surface area contributed by atoms with Crippen LogP contribution in [0.15, 0.2) is 65.9 Å². The number of carbonyl (C=O) groups is 1. The Morgan fingerprint density at radius 1 is 1.12 bits per heavy atom. The molecule has 26 heavy (non-hydrogen) atoms. The molecule has 0 fully saturated rings. The first-order valence-electron chi connectivity index (χ1n) is 8.67. The summed E-state index contributed by atoms with van der Waals surface area (Å²) in [6, 6.07) is 16.1. The average Bonchev–Trinajstić information content (AvgIpc) is 2.65. The number of fused-ring (bicyclic) bond motifs is 3. The van der Waals surface area contributed by atoms with Crippen molar-refractivity contribution < 1.29 is 9.78 Å². The number of hydrazine groups is 1. The van der Waals surface area contributed by atoms with Crippen LogP contribution in [0, 0.1) is 0 Å². The largest absolute Gasteiger partial charge is 0.281 e. The lowest BCUT2D eigenvalue weighted by atomic mass is 9.85. The van der Waals surface area contributed by atoms with Gasteiger partial charge >= 0.3 is 0 Å². The van der Waals surface area contributed by atoms with Crippen LogP contribution in [0.2, 0.25) is 0 Å².